The molecule has 0 radical (unpaired) electrons. The molecular formula is C21H28N4O4. The van der Waals surface area contributed by atoms with Crippen molar-refractivity contribution >= 4 is 17.8 Å². The van der Waals surface area contributed by atoms with Gasteiger partial charge in [0.1, 0.15) is 11.9 Å². The molecule has 2 fully saturated rings. The largest absolute Gasteiger partial charge is 0.467 e. The number of hydrogen-bond donors (Lipinski definition) is 3. The molecule has 3 aliphatic rings. The lowest BCUT2D eigenvalue weighted by Gasteiger charge is -2.18. The highest BCUT2D eigenvalue weighted by molar-refractivity contribution is 6.06. The Labute approximate surface area is 170 Å². The molecule has 0 spiro atoms. The number of carbonyl (C=O) groups excluding carboxylic acids is 2. The van der Waals surface area contributed by atoms with Crippen LogP contribution in [-0.4, -0.2) is 54.0 Å². The summed E-state index contributed by atoms with van der Waals surface area (Å²) in [5.41, 5.74) is 0. The predicted octanol–water partition coefficient (Wildman–Crippen LogP) is 1.07. The summed E-state index contributed by atoms with van der Waals surface area (Å²) in [6.07, 6.45) is 6.53. The van der Waals surface area contributed by atoms with Crippen molar-refractivity contribution in [3.8, 4) is 0 Å². The van der Waals surface area contributed by atoms with Gasteiger partial charge >= 0.3 is 0 Å². The maximum Gasteiger partial charge on any atom is 0.233 e. The molecule has 5 unspecified atom stereocenters. The van der Waals surface area contributed by atoms with Crippen LogP contribution in [0.5, 0.6) is 0 Å². The van der Waals surface area contributed by atoms with E-state index in [-0.39, 0.29) is 42.0 Å². The first-order valence-electron chi connectivity index (χ1n) is 10.4. The van der Waals surface area contributed by atoms with Gasteiger partial charge in [-0.05, 0) is 43.7 Å². The number of nitrogens with one attached hydrogen (secondary N) is 2. The van der Waals surface area contributed by atoms with Gasteiger partial charge in [0.25, 0.3) is 0 Å². The van der Waals surface area contributed by atoms with E-state index >= 15 is 0 Å². The van der Waals surface area contributed by atoms with Crippen molar-refractivity contribution in [3.05, 3.63) is 36.3 Å². The number of likely N-dealkylation sites (tertiary alicyclic amines) is 1. The number of guanidine groups is 1. The Hall–Kier alpha value is -2.61. The zero-order valence-corrected chi connectivity index (χ0v) is 16.6. The lowest BCUT2D eigenvalue weighted by atomic mass is 9.85. The third-order valence-corrected chi connectivity index (χ3v) is 6.05. The molecule has 2 aliphatic carbocycles. The number of rotatable bonds is 8. The molecule has 5 atom stereocenters. The van der Waals surface area contributed by atoms with Gasteiger partial charge in [0.2, 0.25) is 11.8 Å². The number of nitrogens with zero attached hydrogens (tertiary/aromatic N) is 2. The van der Waals surface area contributed by atoms with Crippen molar-refractivity contribution < 1.29 is 19.1 Å². The zero-order valence-electron chi connectivity index (χ0n) is 16.6. The molecule has 4 rings (SSSR count). The highest BCUT2D eigenvalue weighted by Gasteiger charge is 2.58. The van der Waals surface area contributed by atoms with E-state index in [0.29, 0.717) is 37.8 Å². The summed E-state index contributed by atoms with van der Waals surface area (Å²) in [6, 6.07) is 3.43. The van der Waals surface area contributed by atoms with Gasteiger partial charge in [-0.15, -0.1) is 0 Å². The average Bonchev–Trinajstić information content (AvgIpc) is 3.49. The number of allylic oxidation sites excluding steroid dienone is 2. The van der Waals surface area contributed by atoms with Crippen LogP contribution in [0.3, 0.4) is 0 Å². The molecule has 2 heterocycles. The normalized spacial score (nSPS) is 28.9. The second kappa shape index (κ2) is 8.41. The van der Waals surface area contributed by atoms with Crippen LogP contribution in [-0.2, 0) is 9.59 Å². The number of aliphatic imine (C=N–C) groups is 1. The van der Waals surface area contributed by atoms with Crippen molar-refractivity contribution in [2.75, 3.05) is 26.2 Å². The molecule has 1 aromatic rings. The van der Waals surface area contributed by atoms with E-state index in [0.717, 1.165) is 6.42 Å². The SMILES string of the molecule is CCNC(=NCC(O)c1ccco1)NCCCN1C(=O)C2C3C=CC(C3)C2C1=O. The van der Waals surface area contributed by atoms with E-state index in [2.05, 4.69) is 27.8 Å². The first-order valence-corrected chi connectivity index (χ1v) is 10.4. The van der Waals surface area contributed by atoms with E-state index in [1.807, 2.05) is 6.92 Å². The molecule has 2 amide bonds. The zero-order chi connectivity index (χ0) is 20.4. The molecule has 3 N–H and O–H groups in total. The van der Waals surface area contributed by atoms with Crippen molar-refractivity contribution in [3.63, 3.8) is 0 Å². The molecule has 1 aromatic heterocycles. The van der Waals surface area contributed by atoms with Gasteiger partial charge in [-0.25, -0.2) is 0 Å². The van der Waals surface area contributed by atoms with Gasteiger partial charge in [-0.2, -0.15) is 0 Å². The van der Waals surface area contributed by atoms with Crippen molar-refractivity contribution in [1.82, 2.24) is 15.5 Å². The van der Waals surface area contributed by atoms with Crippen LogP contribution in [0.25, 0.3) is 0 Å². The number of carbonyl (C=O) groups is 2. The quantitative estimate of drug-likeness (QED) is 0.198. The molecular weight excluding hydrogens is 372 g/mol. The molecule has 8 heteroatoms. The Morgan fingerprint density at radius 3 is 2.62 bits per heavy atom. The fourth-order valence-corrected chi connectivity index (χ4v) is 4.72. The van der Waals surface area contributed by atoms with Gasteiger partial charge in [0.15, 0.2) is 5.96 Å². The molecule has 2 bridgehead atoms. The summed E-state index contributed by atoms with van der Waals surface area (Å²) in [7, 11) is 0. The Kier molecular flexibility index (Phi) is 5.71. The standard InChI is InChI=1S/C21H28N4O4/c1-2-22-21(24-12-15(26)16-5-3-10-29-16)23-8-4-9-25-19(27)17-13-6-7-14(11-13)18(17)20(25)28/h3,5-7,10,13-15,17-18,26H,2,4,8-9,11-12H2,1H3,(H2,22,23,24). The first-order chi connectivity index (χ1) is 14.1. The summed E-state index contributed by atoms with van der Waals surface area (Å²) >= 11 is 0. The molecule has 1 aliphatic heterocycles. The van der Waals surface area contributed by atoms with Crippen LogP contribution in [0.15, 0.2) is 40.0 Å². The second-order valence-corrected chi connectivity index (χ2v) is 7.86. The maximum atomic E-state index is 12.7. The van der Waals surface area contributed by atoms with Crippen molar-refractivity contribution in [2.24, 2.45) is 28.7 Å². The van der Waals surface area contributed by atoms with E-state index < -0.39 is 6.10 Å². The summed E-state index contributed by atoms with van der Waals surface area (Å²) < 4.78 is 5.18. The summed E-state index contributed by atoms with van der Waals surface area (Å²) in [4.78, 5) is 31.2. The third-order valence-electron chi connectivity index (χ3n) is 6.05. The summed E-state index contributed by atoms with van der Waals surface area (Å²) in [5.74, 6) is 1.29. The summed E-state index contributed by atoms with van der Waals surface area (Å²) in [6.45, 7) is 3.81. The Morgan fingerprint density at radius 1 is 1.28 bits per heavy atom. The highest BCUT2D eigenvalue weighted by atomic mass is 16.4. The fraction of sp³-hybridized carbons (Fsp3) is 0.571. The number of imide groups is 1. The molecule has 8 nitrogen and oxygen atoms in total. The molecule has 1 saturated carbocycles. The van der Waals surface area contributed by atoms with Crippen LogP contribution < -0.4 is 10.6 Å². The Bertz CT molecular complexity index is 774. The average molecular weight is 400 g/mol. The molecule has 0 aromatic carbocycles. The van der Waals surface area contributed by atoms with E-state index in [1.165, 1.54) is 11.2 Å². The number of fused-ring (bicyclic) bond motifs is 5. The van der Waals surface area contributed by atoms with Crippen LogP contribution >= 0.6 is 0 Å². The lowest BCUT2D eigenvalue weighted by Crippen LogP contribution is -2.40. The van der Waals surface area contributed by atoms with Crippen molar-refractivity contribution in [1.29, 1.82) is 0 Å². The monoisotopic (exact) mass is 400 g/mol. The van der Waals surface area contributed by atoms with Crippen LogP contribution in [0.2, 0.25) is 0 Å². The van der Waals surface area contributed by atoms with Crippen LogP contribution in [0.1, 0.15) is 31.6 Å². The van der Waals surface area contributed by atoms with Crippen molar-refractivity contribution in [2.45, 2.75) is 25.9 Å². The number of hydrogen-bond acceptors (Lipinski definition) is 5. The van der Waals surface area contributed by atoms with Gasteiger partial charge < -0.3 is 20.2 Å². The van der Waals surface area contributed by atoms with E-state index in [4.69, 9.17) is 4.42 Å². The van der Waals surface area contributed by atoms with Gasteiger partial charge in [0, 0.05) is 19.6 Å². The number of aliphatic hydroxyl groups excluding tert-OH is 1. The number of amides is 2. The van der Waals surface area contributed by atoms with Gasteiger partial charge in [0.05, 0.1) is 24.6 Å². The van der Waals surface area contributed by atoms with Gasteiger partial charge in [-0.3, -0.25) is 19.5 Å². The van der Waals surface area contributed by atoms with Crippen LogP contribution in [0.4, 0.5) is 0 Å². The molecule has 156 valence electrons. The first kappa shape index (κ1) is 19.7. The minimum Gasteiger partial charge on any atom is -0.467 e. The third kappa shape index (κ3) is 3.81. The topological polar surface area (TPSA) is 107 Å². The maximum absolute atomic E-state index is 12.7. The smallest absolute Gasteiger partial charge is 0.233 e. The summed E-state index contributed by atoms with van der Waals surface area (Å²) in [5, 5.41) is 16.4. The second-order valence-electron chi connectivity index (χ2n) is 7.86. The Morgan fingerprint density at radius 2 is 2.00 bits per heavy atom. The Balaban J connectivity index is 1.25. The minimum atomic E-state index is -0.802. The number of aliphatic hydroxyl groups is 1. The van der Waals surface area contributed by atoms with E-state index in [1.54, 1.807) is 12.1 Å². The molecule has 1 saturated heterocycles. The number of furan rings is 1. The molecule has 29 heavy (non-hydrogen) atoms. The van der Waals surface area contributed by atoms with E-state index in [9.17, 15) is 14.7 Å². The minimum absolute atomic E-state index is 0.000932. The van der Waals surface area contributed by atoms with Gasteiger partial charge in [-0.1, -0.05) is 12.2 Å². The lowest BCUT2D eigenvalue weighted by molar-refractivity contribution is -0.140. The highest BCUT2D eigenvalue weighted by Crippen LogP contribution is 2.52. The van der Waals surface area contributed by atoms with Crippen LogP contribution in [0, 0.1) is 23.7 Å². The fourth-order valence-electron chi connectivity index (χ4n) is 4.72. The predicted molar refractivity (Wildman–Crippen MR) is 107 cm³/mol.